The lowest BCUT2D eigenvalue weighted by Crippen LogP contribution is -2.28. The molecule has 1 amide bonds. The van der Waals surface area contributed by atoms with E-state index in [9.17, 15) is 9.18 Å². The molecule has 3 rings (SSSR count). The number of methoxy groups -OCH3 is 1. The summed E-state index contributed by atoms with van der Waals surface area (Å²) in [7, 11) is 1.59. The smallest absolute Gasteiger partial charge is 0.267 e. The van der Waals surface area contributed by atoms with Crippen molar-refractivity contribution >= 4 is 16.8 Å². The predicted octanol–water partition coefficient (Wildman–Crippen LogP) is 3.43. The monoisotopic (exact) mass is 342 g/mol. The van der Waals surface area contributed by atoms with E-state index in [1.807, 2.05) is 25.1 Å². The summed E-state index contributed by atoms with van der Waals surface area (Å²) >= 11 is 0. The van der Waals surface area contributed by atoms with Gasteiger partial charge in [0.05, 0.1) is 13.7 Å². The highest BCUT2D eigenvalue weighted by Crippen LogP contribution is 2.21. The molecule has 0 aliphatic carbocycles. The maximum atomic E-state index is 13.4. The highest BCUT2D eigenvalue weighted by molar-refractivity contribution is 5.98. The van der Waals surface area contributed by atoms with Crippen molar-refractivity contribution in [3.63, 3.8) is 0 Å². The average Bonchev–Trinajstić information content (AvgIpc) is 3.03. The summed E-state index contributed by atoms with van der Waals surface area (Å²) in [6.45, 7) is 2.48. The Morgan fingerprint density at radius 2 is 2.00 bits per heavy atom. The van der Waals surface area contributed by atoms with Crippen LogP contribution in [0.3, 0.4) is 0 Å². The van der Waals surface area contributed by atoms with Gasteiger partial charge in [-0.1, -0.05) is 6.07 Å². The molecule has 0 aliphatic rings. The quantitative estimate of drug-likeness (QED) is 0.675. The molecule has 0 fully saturated rings. The van der Waals surface area contributed by atoms with Crippen LogP contribution < -0.4 is 14.8 Å². The average molecular weight is 342 g/mol. The first kappa shape index (κ1) is 16.8. The SMILES string of the molecule is COc1cccc(OCCNC(=O)c2cc3c(C)cc(F)cc3[nH]2)c1. The minimum absolute atomic E-state index is 0.259. The molecule has 0 spiro atoms. The van der Waals surface area contributed by atoms with Gasteiger partial charge in [-0.3, -0.25) is 4.79 Å². The Morgan fingerprint density at radius 1 is 1.20 bits per heavy atom. The Morgan fingerprint density at radius 3 is 2.80 bits per heavy atom. The number of hydrogen-bond acceptors (Lipinski definition) is 3. The third-order valence-electron chi connectivity index (χ3n) is 3.85. The number of rotatable bonds is 6. The number of halogens is 1. The predicted molar refractivity (Wildman–Crippen MR) is 93.8 cm³/mol. The van der Waals surface area contributed by atoms with Crippen molar-refractivity contribution in [2.24, 2.45) is 0 Å². The van der Waals surface area contributed by atoms with Crippen molar-refractivity contribution in [2.45, 2.75) is 6.92 Å². The number of hydrogen-bond donors (Lipinski definition) is 2. The van der Waals surface area contributed by atoms with E-state index in [1.54, 1.807) is 19.2 Å². The van der Waals surface area contributed by atoms with Gasteiger partial charge in [-0.05, 0) is 42.8 Å². The van der Waals surface area contributed by atoms with E-state index in [-0.39, 0.29) is 11.7 Å². The molecule has 0 radical (unpaired) electrons. The number of nitrogens with one attached hydrogen (secondary N) is 2. The van der Waals surface area contributed by atoms with Crippen molar-refractivity contribution in [2.75, 3.05) is 20.3 Å². The first-order chi connectivity index (χ1) is 12.1. The number of aryl methyl sites for hydroxylation is 1. The summed E-state index contributed by atoms with van der Waals surface area (Å²) in [5.74, 6) is 0.795. The van der Waals surface area contributed by atoms with Gasteiger partial charge < -0.3 is 19.8 Å². The molecule has 1 heterocycles. The summed E-state index contributed by atoms with van der Waals surface area (Å²) in [4.78, 5) is 15.2. The zero-order chi connectivity index (χ0) is 17.8. The molecule has 6 heteroatoms. The molecule has 2 N–H and O–H groups in total. The molecule has 2 aromatic carbocycles. The lowest BCUT2D eigenvalue weighted by Gasteiger charge is -2.08. The van der Waals surface area contributed by atoms with Gasteiger partial charge in [0, 0.05) is 17.0 Å². The van der Waals surface area contributed by atoms with Crippen LogP contribution in [0.25, 0.3) is 10.9 Å². The van der Waals surface area contributed by atoms with Crippen LogP contribution in [0.1, 0.15) is 16.1 Å². The minimum Gasteiger partial charge on any atom is -0.497 e. The van der Waals surface area contributed by atoms with Gasteiger partial charge in [0.15, 0.2) is 0 Å². The van der Waals surface area contributed by atoms with Gasteiger partial charge in [-0.2, -0.15) is 0 Å². The lowest BCUT2D eigenvalue weighted by atomic mass is 10.1. The minimum atomic E-state index is -0.328. The Balaban J connectivity index is 1.56. The van der Waals surface area contributed by atoms with Crippen LogP contribution in [0.2, 0.25) is 0 Å². The second-order valence-electron chi connectivity index (χ2n) is 5.65. The summed E-state index contributed by atoms with van der Waals surface area (Å²) in [5.41, 5.74) is 1.78. The molecular formula is C19H19FN2O3. The highest BCUT2D eigenvalue weighted by atomic mass is 19.1. The fourth-order valence-electron chi connectivity index (χ4n) is 2.62. The van der Waals surface area contributed by atoms with Crippen molar-refractivity contribution in [1.82, 2.24) is 10.3 Å². The van der Waals surface area contributed by atoms with E-state index in [2.05, 4.69) is 10.3 Å². The number of carbonyl (C=O) groups excluding carboxylic acids is 1. The molecule has 0 aliphatic heterocycles. The third kappa shape index (κ3) is 3.91. The van der Waals surface area contributed by atoms with Gasteiger partial charge in [-0.15, -0.1) is 0 Å². The second kappa shape index (κ2) is 7.25. The Hall–Kier alpha value is -3.02. The summed E-state index contributed by atoms with van der Waals surface area (Å²) in [6.07, 6.45) is 0. The summed E-state index contributed by atoms with van der Waals surface area (Å²) < 4.78 is 24.1. The van der Waals surface area contributed by atoms with Crippen molar-refractivity contribution in [3.05, 3.63) is 59.5 Å². The number of benzene rings is 2. The molecular weight excluding hydrogens is 323 g/mol. The third-order valence-corrected chi connectivity index (χ3v) is 3.85. The van der Waals surface area contributed by atoms with Crippen LogP contribution in [0.4, 0.5) is 4.39 Å². The number of aromatic amines is 1. The normalized spacial score (nSPS) is 10.7. The van der Waals surface area contributed by atoms with Gasteiger partial charge in [0.25, 0.3) is 5.91 Å². The van der Waals surface area contributed by atoms with Crippen LogP contribution in [0, 0.1) is 12.7 Å². The topological polar surface area (TPSA) is 63.4 Å². The molecule has 25 heavy (non-hydrogen) atoms. The molecule has 5 nitrogen and oxygen atoms in total. The molecule has 1 aromatic heterocycles. The molecule has 0 saturated carbocycles. The number of H-pyrrole nitrogens is 1. The zero-order valence-electron chi connectivity index (χ0n) is 14.1. The molecule has 130 valence electrons. The highest BCUT2D eigenvalue weighted by Gasteiger charge is 2.11. The van der Waals surface area contributed by atoms with E-state index in [0.29, 0.717) is 35.9 Å². The second-order valence-corrected chi connectivity index (χ2v) is 5.65. The number of fused-ring (bicyclic) bond motifs is 1. The zero-order valence-corrected chi connectivity index (χ0v) is 14.1. The van der Waals surface area contributed by atoms with Crippen LogP contribution in [0.5, 0.6) is 11.5 Å². The first-order valence-corrected chi connectivity index (χ1v) is 7.91. The largest absolute Gasteiger partial charge is 0.497 e. The Bertz CT molecular complexity index is 905. The molecule has 0 saturated heterocycles. The van der Waals surface area contributed by atoms with Crippen LogP contribution in [0.15, 0.2) is 42.5 Å². The van der Waals surface area contributed by atoms with E-state index in [0.717, 1.165) is 10.9 Å². The van der Waals surface area contributed by atoms with Crippen molar-refractivity contribution in [1.29, 1.82) is 0 Å². The Kier molecular flexibility index (Phi) is 4.88. The number of aromatic nitrogens is 1. The number of ether oxygens (including phenoxy) is 2. The lowest BCUT2D eigenvalue weighted by molar-refractivity contribution is 0.0943. The van der Waals surface area contributed by atoms with Gasteiger partial charge >= 0.3 is 0 Å². The molecule has 3 aromatic rings. The molecule has 0 bridgehead atoms. The molecule has 0 unspecified atom stereocenters. The van der Waals surface area contributed by atoms with Crippen molar-refractivity contribution in [3.8, 4) is 11.5 Å². The molecule has 0 atom stereocenters. The van der Waals surface area contributed by atoms with E-state index in [1.165, 1.54) is 12.1 Å². The summed E-state index contributed by atoms with van der Waals surface area (Å²) in [6, 6.07) is 11.8. The first-order valence-electron chi connectivity index (χ1n) is 7.91. The van der Waals surface area contributed by atoms with E-state index in [4.69, 9.17) is 9.47 Å². The fourth-order valence-corrected chi connectivity index (χ4v) is 2.62. The number of amides is 1. The maximum Gasteiger partial charge on any atom is 0.267 e. The van der Waals surface area contributed by atoms with Crippen LogP contribution in [-0.4, -0.2) is 31.2 Å². The summed E-state index contributed by atoms with van der Waals surface area (Å²) in [5, 5.41) is 3.61. The van der Waals surface area contributed by atoms with Gasteiger partial charge in [0.2, 0.25) is 0 Å². The van der Waals surface area contributed by atoms with Crippen LogP contribution in [-0.2, 0) is 0 Å². The fraction of sp³-hybridized carbons (Fsp3) is 0.211. The van der Waals surface area contributed by atoms with E-state index >= 15 is 0 Å². The standard InChI is InChI=1S/C19H19FN2O3/c1-12-8-13(20)9-17-16(12)11-18(22-17)19(23)21-6-7-25-15-5-3-4-14(10-15)24-2/h3-5,8-11,22H,6-7H2,1-2H3,(H,21,23). The van der Waals surface area contributed by atoms with Crippen molar-refractivity contribution < 1.29 is 18.7 Å². The Labute approximate surface area is 144 Å². The maximum absolute atomic E-state index is 13.4. The van der Waals surface area contributed by atoms with Crippen LogP contribution >= 0.6 is 0 Å². The number of carbonyl (C=O) groups is 1. The van der Waals surface area contributed by atoms with Gasteiger partial charge in [0.1, 0.15) is 29.6 Å². The van der Waals surface area contributed by atoms with E-state index < -0.39 is 0 Å². The van der Waals surface area contributed by atoms with Gasteiger partial charge in [-0.25, -0.2) is 4.39 Å².